The zero-order valence-corrected chi connectivity index (χ0v) is 10.7. The van der Waals surface area contributed by atoms with E-state index in [1.165, 1.54) is 0 Å². The van der Waals surface area contributed by atoms with Crippen LogP contribution in [0.3, 0.4) is 0 Å². The number of phenolic OH excluding ortho intramolecular Hbond substituents is 1. The average Bonchev–Trinajstić information content (AvgIpc) is 2.78. The monoisotopic (exact) mass is 251 g/mol. The lowest BCUT2D eigenvalue weighted by Crippen LogP contribution is -2.52. The average molecular weight is 251 g/mol. The van der Waals surface area contributed by atoms with E-state index in [2.05, 4.69) is 5.32 Å². The lowest BCUT2D eigenvalue weighted by molar-refractivity contribution is 0.0775. The van der Waals surface area contributed by atoms with Crippen LogP contribution in [0.1, 0.15) is 36.9 Å². The zero-order chi connectivity index (χ0) is 13.2. The van der Waals surface area contributed by atoms with Crippen molar-refractivity contribution in [3.8, 4) is 5.75 Å². The number of aryl methyl sites for hydroxylation is 1. The summed E-state index contributed by atoms with van der Waals surface area (Å²) >= 11 is 0. The Kier molecular flexibility index (Phi) is 3.90. The van der Waals surface area contributed by atoms with Crippen LogP contribution in [0.25, 0.3) is 0 Å². The van der Waals surface area contributed by atoms with E-state index < -0.39 is 5.54 Å². The van der Waals surface area contributed by atoms with Crippen molar-refractivity contribution in [3.63, 3.8) is 0 Å². The highest BCUT2D eigenvalue weighted by molar-refractivity contribution is 5.40. The standard InChI is InChI=1S/C14H21NO3/c1-2-14(8-16,9-17)15-13-6-3-10-7-11(18)4-5-12(10)13/h4-5,7,13,15-18H,2-3,6,8-9H2,1H3. The summed E-state index contributed by atoms with van der Waals surface area (Å²) < 4.78 is 0. The van der Waals surface area contributed by atoms with Crippen molar-refractivity contribution in [2.45, 2.75) is 37.8 Å². The fourth-order valence-corrected chi connectivity index (χ4v) is 2.59. The molecule has 0 radical (unpaired) electrons. The number of hydrogen-bond acceptors (Lipinski definition) is 4. The zero-order valence-electron chi connectivity index (χ0n) is 10.7. The summed E-state index contributed by atoms with van der Waals surface area (Å²) in [6, 6.07) is 5.54. The van der Waals surface area contributed by atoms with Crippen molar-refractivity contribution in [3.05, 3.63) is 29.3 Å². The van der Waals surface area contributed by atoms with Gasteiger partial charge in [0, 0.05) is 6.04 Å². The Hall–Kier alpha value is -1.10. The molecule has 0 amide bonds. The van der Waals surface area contributed by atoms with Crippen molar-refractivity contribution in [1.29, 1.82) is 0 Å². The minimum Gasteiger partial charge on any atom is -0.508 e. The van der Waals surface area contributed by atoms with Gasteiger partial charge in [0.15, 0.2) is 0 Å². The van der Waals surface area contributed by atoms with Crippen LogP contribution in [0.2, 0.25) is 0 Å². The summed E-state index contributed by atoms with van der Waals surface area (Å²) in [6.07, 6.45) is 2.52. The van der Waals surface area contributed by atoms with E-state index in [1.807, 2.05) is 13.0 Å². The molecule has 0 fully saturated rings. The Morgan fingerprint density at radius 2 is 2.06 bits per heavy atom. The Bertz CT molecular complexity index is 407. The molecule has 0 heterocycles. The van der Waals surface area contributed by atoms with Gasteiger partial charge in [0.05, 0.1) is 18.8 Å². The summed E-state index contributed by atoms with van der Waals surface area (Å²) in [6.45, 7) is 1.79. The predicted octanol–water partition coefficient (Wildman–Crippen LogP) is 1.10. The fourth-order valence-electron chi connectivity index (χ4n) is 2.59. The van der Waals surface area contributed by atoms with E-state index in [9.17, 15) is 15.3 Å². The number of aliphatic hydroxyl groups is 2. The van der Waals surface area contributed by atoms with E-state index in [4.69, 9.17) is 0 Å². The smallest absolute Gasteiger partial charge is 0.115 e. The number of rotatable bonds is 5. The number of aromatic hydroxyl groups is 1. The van der Waals surface area contributed by atoms with Gasteiger partial charge in [0.25, 0.3) is 0 Å². The summed E-state index contributed by atoms with van der Waals surface area (Å²) in [5, 5.41) is 31.8. The molecule has 18 heavy (non-hydrogen) atoms. The van der Waals surface area contributed by atoms with Crippen LogP contribution in [0.15, 0.2) is 18.2 Å². The van der Waals surface area contributed by atoms with Crippen molar-refractivity contribution in [2.75, 3.05) is 13.2 Å². The molecule has 4 heteroatoms. The first-order chi connectivity index (χ1) is 8.64. The van der Waals surface area contributed by atoms with Gasteiger partial charge < -0.3 is 20.6 Å². The van der Waals surface area contributed by atoms with Crippen LogP contribution in [0.4, 0.5) is 0 Å². The normalized spacial score (nSPS) is 18.9. The van der Waals surface area contributed by atoms with E-state index in [0.29, 0.717) is 12.2 Å². The van der Waals surface area contributed by atoms with E-state index in [0.717, 1.165) is 24.0 Å². The van der Waals surface area contributed by atoms with Crippen LogP contribution >= 0.6 is 0 Å². The number of phenols is 1. The van der Waals surface area contributed by atoms with Crippen LogP contribution in [0, 0.1) is 0 Å². The summed E-state index contributed by atoms with van der Waals surface area (Å²) in [7, 11) is 0. The summed E-state index contributed by atoms with van der Waals surface area (Å²) in [4.78, 5) is 0. The van der Waals surface area contributed by atoms with Gasteiger partial charge in [-0.1, -0.05) is 13.0 Å². The van der Waals surface area contributed by atoms with Gasteiger partial charge in [0.2, 0.25) is 0 Å². The lowest BCUT2D eigenvalue weighted by Gasteiger charge is -2.33. The third kappa shape index (κ3) is 2.36. The van der Waals surface area contributed by atoms with Gasteiger partial charge in [-0.15, -0.1) is 0 Å². The molecular formula is C14H21NO3. The molecule has 100 valence electrons. The van der Waals surface area contributed by atoms with Crippen molar-refractivity contribution >= 4 is 0 Å². The van der Waals surface area contributed by atoms with E-state index in [-0.39, 0.29) is 19.3 Å². The minimum atomic E-state index is -0.621. The maximum Gasteiger partial charge on any atom is 0.115 e. The molecule has 0 bridgehead atoms. The Labute approximate surface area is 107 Å². The number of fused-ring (bicyclic) bond motifs is 1. The van der Waals surface area contributed by atoms with Crippen molar-refractivity contribution in [1.82, 2.24) is 5.32 Å². The van der Waals surface area contributed by atoms with Gasteiger partial charge in [-0.25, -0.2) is 0 Å². The summed E-state index contributed by atoms with van der Waals surface area (Å²) in [5.41, 5.74) is 1.69. The largest absolute Gasteiger partial charge is 0.508 e. The van der Waals surface area contributed by atoms with Gasteiger partial charge in [0.1, 0.15) is 5.75 Å². The molecule has 1 aromatic carbocycles. The molecule has 4 nitrogen and oxygen atoms in total. The maximum absolute atomic E-state index is 9.47. The first-order valence-corrected chi connectivity index (χ1v) is 6.45. The fraction of sp³-hybridized carbons (Fsp3) is 0.571. The van der Waals surface area contributed by atoms with Crippen molar-refractivity contribution in [2.24, 2.45) is 0 Å². The topological polar surface area (TPSA) is 72.7 Å². The first-order valence-electron chi connectivity index (χ1n) is 6.45. The Morgan fingerprint density at radius 3 is 2.67 bits per heavy atom. The molecule has 0 spiro atoms. The molecule has 4 N–H and O–H groups in total. The van der Waals surface area contributed by atoms with Gasteiger partial charge in [-0.3, -0.25) is 0 Å². The molecule has 0 saturated heterocycles. The van der Waals surface area contributed by atoms with Gasteiger partial charge >= 0.3 is 0 Å². The molecule has 1 atom stereocenters. The molecule has 1 unspecified atom stereocenters. The maximum atomic E-state index is 9.47. The predicted molar refractivity (Wildman–Crippen MR) is 69.5 cm³/mol. The van der Waals surface area contributed by atoms with Crippen LogP contribution in [-0.2, 0) is 6.42 Å². The minimum absolute atomic E-state index is 0.0794. The third-order valence-electron chi connectivity index (χ3n) is 3.97. The number of benzene rings is 1. The van der Waals surface area contributed by atoms with Crippen LogP contribution < -0.4 is 5.32 Å². The highest BCUT2D eigenvalue weighted by atomic mass is 16.3. The molecule has 1 aliphatic carbocycles. The van der Waals surface area contributed by atoms with Crippen LogP contribution in [-0.4, -0.2) is 34.1 Å². The second-order valence-corrected chi connectivity index (χ2v) is 5.07. The number of nitrogens with one attached hydrogen (secondary N) is 1. The second-order valence-electron chi connectivity index (χ2n) is 5.07. The molecular weight excluding hydrogens is 230 g/mol. The lowest BCUT2D eigenvalue weighted by atomic mass is 9.95. The Morgan fingerprint density at radius 1 is 1.33 bits per heavy atom. The molecule has 0 aromatic heterocycles. The third-order valence-corrected chi connectivity index (χ3v) is 3.97. The van der Waals surface area contributed by atoms with Crippen LogP contribution in [0.5, 0.6) is 5.75 Å². The first kappa shape index (κ1) is 13.3. The van der Waals surface area contributed by atoms with Crippen molar-refractivity contribution < 1.29 is 15.3 Å². The van der Waals surface area contributed by atoms with E-state index >= 15 is 0 Å². The van der Waals surface area contributed by atoms with Gasteiger partial charge in [-0.05, 0) is 42.5 Å². The molecule has 1 aliphatic rings. The molecule has 1 aromatic rings. The molecule has 0 saturated carbocycles. The highest BCUT2D eigenvalue weighted by Gasteiger charge is 2.32. The highest BCUT2D eigenvalue weighted by Crippen LogP contribution is 2.34. The number of hydrogen-bond donors (Lipinski definition) is 4. The number of aliphatic hydroxyl groups excluding tert-OH is 2. The van der Waals surface area contributed by atoms with Gasteiger partial charge in [-0.2, -0.15) is 0 Å². The quantitative estimate of drug-likeness (QED) is 0.632. The Balaban J connectivity index is 2.18. The second kappa shape index (κ2) is 5.26. The SMILES string of the molecule is CCC(CO)(CO)NC1CCc2cc(O)ccc21. The van der Waals surface area contributed by atoms with E-state index in [1.54, 1.807) is 12.1 Å². The molecule has 0 aliphatic heterocycles. The summed E-state index contributed by atoms with van der Waals surface area (Å²) in [5.74, 6) is 0.292. The molecule has 2 rings (SSSR count).